The average molecular weight is 440 g/mol. The molecule has 2 rings (SSSR count). The van der Waals surface area contributed by atoms with Gasteiger partial charge >= 0.3 is 0 Å². The van der Waals surface area contributed by atoms with Crippen LogP contribution >= 0.6 is 31.9 Å². The van der Waals surface area contributed by atoms with Gasteiger partial charge in [0.25, 0.3) is 5.91 Å². The number of nitrogens with one attached hydrogen (secondary N) is 1. The highest BCUT2D eigenvalue weighted by atomic mass is 79.9. The lowest BCUT2D eigenvalue weighted by Gasteiger charge is -2.08. The van der Waals surface area contributed by atoms with Crippen molar-refractivity contribution in [1.29, 1.82) is 0 Å². The van der Waals surface area contributed by atoms with E-state index in [1.54, 1.807) is 6.07 Å². The molecule has 0 heterocycles. The molecule has 0 aromatic heterocycles. The van der Waals surface area contributed by atoms with Crippen molar-refractivity contribution in [2.24, 2.45) is 5.10 Å². The molecule has 0 fully saturated rings. The Kier molecular flexibility index (Phi) is 6.80. The summed E-state index contributed by atoms with van der Waals surface area (Å²) in [5.41, 5.74) is 4.35. The Hall–Kier alpha value is -1.66. The summed E-state index contributed by atoms with van der Waals surface area (Å²) in [5.74, 6) is 0.299. The maximum Gasteiger partial charge on any atom is 0.277 e. The van der Waals surface area contributed by atoms with Crippen molar-refractivity contribution in [3.8, 4) is 5.75 Å². The Bertz CT molecular complexity index is 703. The molecule has 0 aliphatic heterocycles. The van der Waals surface area contributed by atoms with Crippen LogP contribution in [-0.2, 0) is 4.79 Å². The van der Waals surface area contributed by atoms with Gasteiger partial charge in [-0.3, -0.25) is 4.79 Å². The molecule has 120 valence electrons. The van der Waals surface area contributed by atoms with Crippen molar-refractivity contribution >= 4 is 43.5 Å². The molecular formula is C17H16Br2N2O2. The number of carbonyl (C=O) groups is 1. The summed E-state index contributed by atoms with van der Waals surface area (Å²) >= 11 is 6.75. The first-order valence-corrected chi connectivity index (χ1v) is 8.67. The first kappa shape index (κ1) is 17.7. The zero-order valence-electron chi connectivity index (χ0n) is 12.6. The second kappa shape index (κ2) is 8.84. The average Bonchev–Trinajstić information content (AvgIpc) is 2.55. The van der Waals surface area contributed by atoms with Gasteiger partial charge in [-0.25, -0.2) is 5.43 Å². The minimum Gasteiger partial charge on any atom is -0.483 e. The summed E-state index contributed by atoms with van der Waals surface area (Å²) in [6.45, 7) is 1.89. The van der Waals surface area contributed by atoms with Crippen LogP contribution in [0.2, 0.25) is 0 Å². The maximum atomic E-state index is 11.9. The van der Waals surface area contributed by atoms with Crippen LogP contribution in [0, 0.1) is 0 Å². The van der Waals surface area contributed by atoms with E-state index in [2.05, 4.69) is 42.4 Å². The number of amides is 1. The van der Waals surface area contributed by atoms with E-state index < -0.39 is 0 Å². The fraction of sp³-hybridized carbons (Fsp3) is 0.176. The molecule has 0 aliphatic rings. The molecule has 23 heavy (non-hydrogen) atoms. The number of halogens is 2. The molecule has 1 N–H and O–H groups in total. The summed E-state index contributed by atoms with van der Waals surface area (Å²) in [6, 6.07) is 15.2. The van der Waals surface area contributed by atoms with Crippen LogP contribution < -0.4 is 10.2 Å². The predicted octanol–water partition coefficient (Wildman–Crippen LogP) is 4.52. The van der Waals surface area contributed by atoms with Gasteiger partial charge in [-0.15, -0.1) is 0 Å². The monoisotopic (exact) mass is 438 g/mol. The number of hydrazone groups is 1. The Morgan fingerprint density at radius 3 is 2.57 bits per heavy atom. The van der Waals surface area contributed by atoms with E-state index >= 15 is 0 Å². The number of carbonyl (C=O) groups excluding carboxylic acids is 1. The first-order valence-electron chi connectivity index (χ1n) is 7.09. The third-order valence-electron chi connectivity index (χ3n) is 3.01. The van der Waals surface area contributed by atoms with Crippen LogP contribution in [0.15, 0.2) is 62.6 Å². The lowest BCUT2D eigenvalue weighted by molar-refractivity contribution is -0.123. The van der Waals surface area contributed by atoms with Crippen molar-refractivity contribution in [2.75, 3.05) is 6.61 Å². The Morgan fingerprint density at radius 2 is 1.91 bits per heavy atom. The van der Waals surface area contributed by atoms with Crippen LogP contribution in [0.25, 0.3) is 0 Å². The molecule has 1 amide bonds. The van der Waals surface area contributed by atoms with Crippen molar-refractivity contribution < 1.29 is 9.53 Å². The van der Waals surface area contributed by atoms with E-state index in [4.69, 9.17) is 4.74 Å². The maximum absolute atomic E-state index is 11.9. The summed E-state index contributed by atoms with van der Waals surface area (Å²) < 4.78 is 7.19. The Balaban J connectivity index is 1.92. The highest BCUT2D eigenvalue weighted by Gasteiger charge is 2.06. The topological polar surface area (TPSA) is 50.7 Å². The highest BCUT2D eigenvalue weighted by molar-refractivity contribution is 9.11. The molecule has 0 bridgehead atoms. The summed E-state index contributed by atoms with van der Waals surface area (Å²) in [7, 11) is 0. The number of hydrogen-bond donors (Lipinski definition) is 1. The van der Waals surface area contributed by atoms with Gasteiger partial charge in [-0.05, 0) is 46.1 Å². The molecule has 0 radical (unpaired) electrons. The van der Waals surface area contributed by atoms with Crippen molar-refractivity contribution in [3.63, 3.8) is 0 Å². The van der Waals surface area contributed by atoms with Crippen LogP contribution in [0.4, 0.5) is 0 Å². The van der Waals surface area contributed by atoms with Gasteiger partial charge in [-0.2, -0.15) is 5.10 Å². The van der Waals surface area contributed by atoms with Gasteiger partial charge in [0.15, 0.2) is 6.61 Å². The van der Waals surface area contributed by atoms with Gasteiger partial charge < -0.3 is 4.74 Å². The van der Waals surface area contributed by atoms with Gasteiger partial charge in [0, 0.05) is 4.47 Å². The number of hydrogen-bond acceptors (Lipinski definition) is 3. The van der Waals surface area contributed by atoms with Gasteiger partial charge in [0.1, 0.15) is 5.75 Å². The van der Waals surface area contributed by atoms with E-state index in [1.165, 1.54) is 0 Å². The van der Waals surface area contributed by atoms with E-state index in [-0.39, 0.29) is 12.5 Å². The molecule has 0 atom stereocenters. The van der Waals surface area contributed by atoms with E-state index in [1.807, 2.05) is 49.4 Å². The third kappa shape index (κ3) is 5.48. The zero-order valence-corrected chi connectivity index (χ0v) is 15.7. The summed E-state index contributed by atoms with van der Waals surface area (Å²) in [5, 5.41) is 4.18. The van der Waals surface area contributed by atoms with Gasteiger partial charge in [0.05, 0.1) is 10.2 Å². The van der Waals surface area contributed by atoms with Crippen LogP contribution in [0.3, 0.4) is 0 Å². The normalized spacial score (nSPS) is 11.2. The molecule has 0 saturated heterocycles. The molecule has 4 nitrogen and oxygen atoms in total. The fourth-order valence-electron chi connectivity index (χ4n) is 1.88. The molecule has 0 aliphatic carbocycles. The SMILES string of the molecule is CC/C(=N\NC(=O)COc1ccc(Br)cc1Br)c1ccccc1. The molecule has 2 aromatic carbocycles. The first-order chi connectivity index (χ1) is 11.1. The van der Waals surface area contributed by atoms with Gasteiger partial charge in [0.2, 0.25) is 0 Å². The van der Waals surface area contributed by atoms with E-state index in [9.17, 15) is 4.79 Å². The number of ether oxygens (including phenoxy) is 1. The van der Waals surface area contributed by atoms with Crippen LogP contribution in [0.5, 0.6) is 5.75 Å². The Morgan fingerprint density at radius 1 is 1.17 bits per heavy atom. The number of benzene rings is 2. The predicted molar refractivity (Wildman–Crippen MR) is 98.7 cm³/mol. The number of rotatable bonds is 6. The van der Waals surface area contributed by atoms with Gasteiger partial charge in [-0.1, -0.05) is 53.2 Å². The lowest BCUT2D eigenvalue weighted by atomic mass is 10.1. The highest BCUT2D eigenvalue weighted by Crippen LogP contribution is 2.28. The summed E-state index contributed by atoms with van der Waals surface area (Å²) in [6.07, 6.45) is 0.726. The zero-order chi connectivity index (χ0) is 16.7. The van der Waals surface area contributed by atoms with E-state index in [0.717, 1.165) is 26.6 Å². The second-order valence-corrected chi connectivity index (χ2v) is 6.45. The standard InChI is InChI=1S/C17H16Br2N2O2/c1-2-15(12-6-4-3-5-7-12)20-21-17(22)11-23-16-9-8-13(18)10-14(16)19/h3-10H,2,11H2,1H3,(H,21,22)/b20-15+. The van der Waals surface area contributed by atoms with E-state index in [0.29, 0.717) is 5.75 Å². The minimum atomic E-state index is -0.304. The lowest BCUT2D eigenvalue weighted by Crippen LogP contribution is -2.26. The minimum absolute atomic E-state index is 0.102. The van der Waals surface area contributed by atoms with Crippen molar-refractivity contribution in [3.05, 3.63) is 63.0 Å². The number of nitrogens with zero attached hydrogens (tertiary/aromatic N) is 1. The quantitative estimate of drug-likeness (QED) is 0.531. The Labute approximate surface area is 152 Å². The van der Waals surface area contributed by atoms with Crippen LogP contribution in [0.1, 0.15) is 18.9 Å². The molecule has 0 saturated carbocycles. The molecule has 6 heteroatoms. The fourth-order valence-corrected chi connectivity index (χ4v) is 3.04. The van der Waals surface area contributed by atoms with Crippen LogP contribution in [-0.4, -0.2) is 18.2 Å². The molecule has 0 unspecified atom stereocenters. The third-order valence-corrected chi connectivity index (χ3v) is 4.12. The van der Waals surface area contributed by atoms with Crippen molar-refractivity contribution in [1.82, 2.24) is 5.43 Å². The second-order valence-electron chi connectivity index (χ2n) is 4.68. The smallest absolute Gasteiger partial charge is 0.277 e. The molecule has 2 aromatic rings. The van der Waals surface area contributed by atoms with Crippen molar-refractivity contribution in [2.45, 2.75) is 13.3 Å². The molecule has 0 spiro atoms. The largest absolute Gasteiger partial charge is 0.483 e. The summed E-state index contributed by atoms with van der Waals surface area (Å²) in [4.78, 5) is 11.9. The molecular weight excluding hydrogens is 424 g/mol.